The highest BCUT2D eigenvalue weighted by Gasteiger charge is 2.30. The molecule has 2 aromatic rings. The van der Waals surface area contributed by atoms with Gasteiger partial charge in [-0.05, 0) is 24.3 Å². The van der Waals surface area contributed by atoms with Gasteiger partial charge in [0.2, 0.25) is 0 Å². The van der Waals surface area contributed by atoms with E-state index >= 15 is 0 Å². The number of carboxylic acids is 1. The molecular weight excluding hydrogens is 309 g/mol. The number of nitrogens with zero attached hydrogens (tertiary/aromatic N) is 1. The van der Waals surface area contributed by atoms with Gasteiger partial charge in [0, 0.05) is 11.9 Å². The summed E-state index contributed by atoms with van der Waals surface area (Å²) < 4.78 is 37.8. The number of benzene rings is 1. The Morgan fingerprint density at radius 1 is 1.29 bits per heavy atom. The topological polar surface area (TPSA) is 62.2 Å². The van der Waals surface area contributed by atoms with Gasteiger partial charge in [0.25, 0.3) is 0 Å². The quantitative estimate of drug-likeness (QED) is 0.891. The third kappa shape index (κ3) is 3.63. The average Bonchev–Trinajstić information content (AvgIpc) is 2.40. The van der Waals surface area contributed by atoms with E-state index in [1.54, 1.807) is 0 Å². The van der Waals surface area contributed by atoms with Crippen molar-refractivity contribution in [1.29, 1.82) is 0 Å². The molecule has 0 saturated carbocycles. The molecule has 0 fully saturated rings. The first-order chi connectivity index (χ1) is 9.77. The summed E-state index contributed by atoms with van der Waals surface area (Å²) in [5, 5.41) is 11.4. The summed E-state index contributed by atoms with van der Waals surface area (Å²) in [6, 6.07) is 5.66. The van der Waals surface area contributed by atoms with Crippen molar-refractivity contribution in [1.82, 2.24) is 4.98 Å². The lowest BCUT2D eigenvalue weighted by Crippen LogP contribution is -2.05. The molecule has 21 heavy (non-hydrogen) atoms. The Balaban J connectivity index is 2.28. The van der Waals surface area contributed by atoms with Crippen LogP contribution in [0.3, 0.4) is 0 Å². The minimum Gasteiger partial charge on any atom is -0.478 e. The summed E-state index contributed by atoms with van der Waals surface area (Å²) in [6.45, 7) is 0. The predicted octanol–water partition coefficient (Wildman–Crippen LogP) is 4.20. The Morgan fingerprint density at radius 2 is 2.00 bits per heavy atom. The maximum absolute atomic E-state index is 12.6. The van der Waals surface area contributed by atoms with Crippen LogP contribution in [-0.2, 0) is 6.18 Å². The Hall–Kier alpha value is -2.28. The molecular formula is C13H8ClF3N2O2. The van der Waals surface area contributed by atoms with E-state index in [-0.39, 0.29) is 22.1 Å². The molecule has 8 heteroatoms. The van der Waals surface area contributed by atoms with Gasteiger partial charge < -0.3 is 10.4 Å². The van der Waals surface area contributed by atoms with Crippen molar-refractivity contribution in [3.8, 4) is 0 Å². The number of carbonyl (C=O) groups is 1. The van der Waals surface area contributed by atoms with Gasteiger partial charge in [0.05, 0.1) is 16.1 Å². The second-order valence-electron chi connectivity index (χ2n) is 4.06. The van der Waals surface area contributed by atoms with Crippen molar-refractivity contribution < 1.29 is 23.1 Å². The molecule has 1 aromatic carbocycles. The predicted molar refractivity (Wildman–Crippen MR) is 70.9 cm³/mol. The SMILES string of the molecule is O=C(O)c1cnc(Nc2cccc(C(F)(F)F)c2)c(Cl)c1. The fraction of sp³-hybridized carbons (Fsp3) is 0.0769. The fourth-order valence-corrected chi connectivity index (χ4v) is 1.77. The van der Waals surface area contributed by atoms with E-state index in [1.165, 1.54) is 12.1 Å². The molecule has 0 unspecified atom stereocenters. The molecule has 110 valence electrons. The summed E-state index contributed by atoms with van der Waals surface area (Å²) in [5.41, 5.74) is -0.789. The number of aromatic nitrogens is 1. The molecule has 0 spiro atoms. The smallest absolute Gasteiger partial charge is 0.416 e. The number of halogens is 4. The summed E-state index contributed by atoms with van der Waals surface area (Å²) in [6.07, 6.45) is -3.40. The zero-order valence-corrected chi connectivity index (χ0v) is 11.0. The van der Waals surface area contributed by atoms with E-state index in [4.69, 9.17) is 16.7 Å². The molecule has 4 nitrogen and oxygen atoms in total. The monoisotopic (exact) mass is 316 g/mol. The van der Waals surface area contributed by atoms with Gasteiger partial charge in [-0.25, -0.2) is 9.78 Å². The van der Waals surface area contributed by atoms with E-state index in [0.29, 0.717) is 0 Å². The number of pyridine rings is 1. The minimum atomic E-state index is -4.46. The summed E-state index contributed by atoms with van der Waals surface area (Å²) in [5.74, 6) is -1.13. The number of rotatable bonds is 3. The summed E-state index contributed by atoms with van der Waals surface area (Å²) >= 11 is 5.84. The maximum Gasteiger partial charge on any atom is 0.416 e. The molecule has 2 N–H and O–H groups in total. The molecule has 0 radical (unpaired) electrons. The van der Waals surface area contributed by atoms with Crippen molar-refractivity contribution >= 4 is 29.1 Å². The minimum absolute atomic E-state index is 0.00712. The zero-order valence-electron chi connectivity index (χ0n) is 10.3. The number of nitrogens with one attached hydrogen (secondary N) is 1. The van der Waals surface area contributed by atoms with Crippen molar-refractivity contribution in [2.75, 3.05) is 5.32 Å². The van der Waals surface area contributed by atoms with Gasteiger partial charge in [-0.1, -0.05) is 17.7 Å². The van der Waals surface area contributed by atoms with Crippen LogP contribution >= 0.6 is 11.6 Å². The molecule has 0 saturated heterocycles. The van der Waals surface area contributed by atoms with Crippen molar-refractivity contribution in [3.63, 3.8) is 0 Å². The number of anilines is 2. The lowest BCUT2D eigenvalue weighted by atomic mass is 10.2. The fourth-order valence-electron chi connectivity index (χ4n) is 1.56. The third-order valence-corrected chi connectivity index (χ3v) is 2.83. The molecule has 0 amide bonds. The first-order valence-corrected chi connectivity index (χ1v) is 5.98. The molecule has 0 aliphatic heterocycles. The van der Waals surface area contributed by atoms with Crippen molar-refractivity contribution in [2.24, 2.45) is 0 Å². The maximum atomic E-state index is 12.6. The largest absolute Gasteiger partial charge is 0.478 e. The molecule has 1 aromatic heterocycles. The van der Waals surface area contributed by atoms with E-state index in [1.807, 2.05) is 0 Å². The van der Waals surface area contributed by atoms with Crippen molar-refractivity contribution in [3.05, 3.63) is 52.7 Å². The number of alkyl halides is 3. The number of hydrogen-bond donors (Lipinski definition) is 2. The van der Waals surface area contributed by atoms with Crippen LogP contribution < -0.4 is 5.32 Å². The highest BCUT2D eigenvalue weighted by atomic mass is 35.5. The van der Waals surface area contributed by atoms with Crippen LogP contribution in [-0.4, -0.2) is 16.1 Å². The van der Waals surface area contributed by atoms with Crippen LogP contribution in [0.2, 0.25) is 5.02 Å². The Labute approximate surface area is 122 Å². The normalized spacial score (nSPS) is 11.2. The first-order valence-electron chi connectivity index (χ1n) is 5.60. The van der Waals surface area contributed by atoms with Gasteiger partial charge in [-0.3, -0.25) is 0 Å². The molecule has 1 heterocycles. The Morgan fingerprint density at radius 3 is 2.57 bits per heavy atom. The Bertz CT molecular complexity index is 689. The lowest BCUT2D eigenvalue weighted by molar-refractivity contribution is -0.137. The van der Waals surface area contributed by atoms with E-state index < -0.39 is 17.7 Å². The molecule has 0 bridgehead atoms. The van der Waals surface area contributed by atoms with Crippen LogP contribution in [0.4, 0.5) is 24.7 Å². The average molecular weight is 317 g/mol. The van der Waals surface area contributed by atoms with E-state index in [0.717, 1.165) is 24.4 Å². The van der Waals surface area contributed by atoms with Crippen LogP contribution in [0.15, 0.2) is 36.5 Å². The number of hydrogen-bond acceptors (Lipinski definition) is 3. The summed E-state index contributed by atoms with van der Waals surface area (Å²) in [4.78, 5) is 14.5. The van der Waals surface area contributed by atoms with Gasteiger partial charge in [0.15, 0.2) is 0 Å². The van der Waals surface area contributed by atoms with Gasteiger partial charge in [0.1, 0.15) is 5.82 Å². The first kappa shape index (κ1) is 15.1. The summed E-state index contributed by atoms with van der Waals surface area (Å²) in [7, 11) is 0. The second-order valence-corrected chi connectivity index (χ2v) is 4.47. The zero-order chi connectivity index (χ0) is 15.6. The molecule has 2 rings (SSSR count). The van der Waals surface area contributed by atoms with Crippen LogP contribution in [0.5, 0.6) is 0 Å². The van der Waals surface area contributed by atoms with Crippen LogP contribution in [0.25, 0.3) is 0 Å². The Kier molecular flexibility index (Phi) is 4.04. The number of carboxylic acid groups (broad SMARTS) is 1. The van der Waals surface area contributed by atoms with Gasteiger partial charge in [-0.2, -0.15) is 13.2 Å². The highest BCUT2D eigenvalue weighted by Crippen LogP contribution is 2.32. The van der Waals surface area contributed by atoms with E-state index in [9.17, 15) is 18.0 Å². The lowest BCUT2D eigenvalue weighted by Gasteiger charge is -2.11. The van der Waals surface area contributed by atoms with Crippen molar-refractivity contribution in [2.45, 2.75) is 6.18 Å². The number of aromatic carboxylic acids is 1. The second kappa shape index (κ2) is 5.61. The molecule has 0 aliphatic rings. The molecule has 0 aliphatic carbocycles. The van der Waals surface area contributed by atoms with E-state index in [2.05, 4.69) is 10.3 Å². The van der Waals surface area contributed by atoms with Gasteiger partial charge >= 0.3 is 12.1 Å². The van der Waals surface area contributed by atoms with Crippen LogP contribution in [0.1, 0.15) is 15.9 Å². The molecule has 0 atom stereocenters. The highest BCUT2D eigenvalue weighted by molar-refractivity contribution is 6.33. The van der Waals surface area contributed by atoms with Gasteiger partial charge in [-0.15, -0.1) is 0 Å². The standard InChI is InChI=1S/C13H8ClF3N2O2/c14-10-4-7(12(20)21)6-18-11(10)19-9-3-1-2-8(5-9)13(15,16)17/h1-6H,(H,18,19)(H,20,21). The third-order valence-electron chi connectivity index (χ3n) is 2.54. The van der Waals surface area contributed by atoms with Crippen LogP contribution in [0, 0.1) is 0 Å².